The highest BCUT2D eigenvalue weighted by atomic mass is 16.2. The number of aromatic nitrogens is 1. The van der Waals surface area contributed by atoms with Gasteiger partial charge in [-0.25, -0.2) is 5.43 Å². The van der Waals surface area contributed by atoms with Crippen molar-refractivity contribution >= 4 is 23.0 Å². The molecule has 0 aliphatic rings. The van der Waals surface area contributed by atoms with Gasteiger partial charge in [-0.1, -0.05) is 48.5 Å². The van der Waals surface area contributed by atoms with Gasteiger partial charge in [-0.2, -0.15) is 5.10 Å². The first-order chi connectivity index (χ1) is 10.3. The highest BCUT2D eigenvalue weighted by Crippen LogP contribution is 2.17. The topological polar surface area (TPSA) is 46.4 Å². The summed E-state index contributed by atoms with van der Waals surface area (Å²) in [5.74, 6) is -0.221. The van der Waals surface area contributed by atoms with E-state index in [0.29, 0.717) is 5.69 Å². The smallest absolute Gasteiger partial charge is 0.287 e. The second-order valence-corrected chi connectivity index (χ2v) is 4.76. The fourth-order valence-electron chi connectivity index (χ4n) is 2.27. The van der Waals surface area contributed by atoms with Crippen LogP contribution in [0.25, 0.3) is 10.9 Å². The van der Waals surface area contributed by atoms with Crippen molar-refractivity contribution in [2.45, 2.75) is 0 Å². The number of carbonyl (C=O) groups excluding carboxylic acids is 1. The Labute approximate surface area is 122 Å². The standard InChI is InChI=1S/C17H15N3O/c1-20-15-10-6-5-9-14(15)11-16(20)17(21)19-18-12-13-7-3-2-4-8-13/h2-12H,1H3,(H,19,21)/b18-12-. The molecule has 4 nitrogen and oxygen atoms in total. The number of hydrogen-bond acceptors (Lipinski definition) is 2. The third-order valence-corrected chi connectivity index (χ3v) is 3.36. The van der Waals surface area contributed by atoms with E-state index in [4.69, 9.17) is 0 Å². The third kappa shape index (κ3) is 2.69. The van der Waals surface area contributed by atoms with Crippen molar-refractivity contribution in [3.8, 4) is 0 Å². The van der Waals surface area contributed by atoms with Crippen LogP contribution in [0.3, 0.4) is 0 Å². The molecule has 0 aliphatic heterocycles. The number of carbonyl (C=O) groups is 1. The van der Waals surface area contributed by atoms with Crippen LogP contribution in [-0.4, -0.2) is 16.7 Å². The first-order valence-electron chi connectivity index (χ1n) is 6.68. The molecular weight excluding hydrogens is 262 g/mol. The van der Waals surface area contributed by atoms with E-state index in [9.17, 15) is 4.79 Å². The molecule has 0 fully saturated rings. The van der Waals surface area contributed by atoms with Gasteiger partial charge in [-0.15, -0.1) is 0 Å². The summed E-state index contributed by atoms with van der Waals surface area (Å²) in [6.07, 6.45) is 1.63. The summed E-state index contributed by atoms with van der Waals surface area (Å²) in [6.45, 7) is 0. The normalized spacial score (nSPS) is 11.1. The number of amides is 1. The lowest BCUT2D eigenvalue weighted by Gasteiger charge is -2.02. The molecule has 1 aromatic heterocycles. The maximum atomic E-state index is 12.2. The molecule has 0 aliphatic carbocycles. The van der Waals surface area contributed by atoms with Gasteiger partial charge < -0.3 is 4.57 Å². The average Bonchev–Trinajstić information content (AvgIpc) is 2.86. The van der Waals surface area contributed by atoms with Gasteiger partial charge >= 0.3 is 0 Å². The summed E-state index contributed by atoms with van der Waals surface area (Å²) in [6, 6.07) is 19.4. The van der Waals surface area contributed by atoms with Crippen LogP contribution in [0.1, 0.15) is 16.1 Å². The van der Waals surface area contributed by atoms with Crippen LogP contribution in [0, 0.1) is 0 Å². The maximum Gasteiger partial charge on any atom is 0.287 e. The van der Waals surface area contributed by atoms with Crippen molar-refractivity contribution in [1.82, 2.24) is 9.99 Å². The van der Waals surface area contributed by atoms with Crippen molar-refractivity contribution in [3.05, 3.63) is 71.9 Å². The molecule has 0 spiro atoms. The number of benzene rings is 2. The molecule has 0 unspecified atom stereocenters. The van der Waals surface area contributed by atoms with Crippen LogP contribution in [-0.2, 0) is 7.05 Å². The van der Waals surface area contributed by atoms with E-state index in [-0.39, 0.29) is 5.91 Å². The van der Waals surface area contributed by atoms with Crippen LogP contribution in [0.2, 0.25) is 0 Å². The molecule has 104 valence electrons. The Balaban J connectivity index is 1.78. The molecule has 3 rings (SSSR count). The average molecular weight is 277 g/mol. The largest absolute Gasteiger partial charge is 0.340 e. The van der Waals surface area contributed by atoms with Gasteiger partial charge in [0.25, 0.3) is 5.91 Å². The minimum absolute atomic E-state index is 0.221. The minimum atomic E-state index is -0.221. The first-order valence-corrected chi connectivity index (χ1v) is 6.68. The molecule has 1 amide bonds. The van der Waals surface area contributed by atoms with Gasteiger partial charge in [-0.05, 0) is 17.7 Å². The number of rotatable bonds is 3. The van der Waals surface area contributed by atoms with Gasteiger partial charge in [0, 0.05) is 18.0 Å². The molecule has 21 heavy (non-hydrogen) atoms. The monoisotopic (exact) mass is 277 g/mol. The van der Waals surface area contributed by atoms with Gasteiger partial charge in [0.2, 0.25) is 0 Å². The van der Waals surface area contributed by atoms with Crippen LogP contribution in [0.5, 0.6) is 0 Å². The maximum absolute atomic E-state index is 12.2. The highest BCUT2D eigenvalue weighted by Gasteiger charge is 2.11. The zero-order valence-corrected chi connectivity index (χ0v) is 11.7. The van der Waals surface area contributed by atoms with E-state index in [1.165, 1.54) is 0 Å². The van der Waals surface area contributed by atoms with Crippen molar-refractivity contribution < 1.29 is 4.79 Å². The molecule has 3 aromatic rings. The molecule has 0 saturated carbocycles. The lowest BCUT2D eigenvalue weighted by atomic mass is 10.2. The quantitative estimate of drug-likeness (QED) is 0.580. The van der Waals surface area contributed by atoms with Crippen molar-refractivity contribution in [1.29, 1.82) is 0 Å². The summed E-state index contributed by atoms with van der Waals surface area (Å²) in [5.41, 5.74) is 5.11. The number of hydrogen-bond donors (Lipinski definition) is 1. The number of nitrogens with one attached hydrogen (secondary N) is 1. The number of hydrazone groups is 1. The number of para-hydroxylation sites is 1. The molecule has 0 saturated heterocycles. The SMILES string of the molecule is Cn1c(C(=O)N/N=C\c2ccccc2)cc2ccccc21. The number of aryl methyl sites for hydroxylation is 1. The Bertz CT molecular complexity index is 803. The van der Waals surface area contributed by atoms with Crippen molar-refractivity contribution in [2.24, 2.45) is 12.1 Å². The number of nitrogens with zero attached hydrogens (tertiary/aromatic N) is 2. The molecule has 0 radical (unpaired) electrons. The van der Waals surface area contributed by atoms with E-state index >= 15 is 0 Å². The Morgan fingerprint density at radius 1 is 1.10 bits per heavy atom. The van der Waals surface area contributed by atoms with Crippen molar-refractivity contribution in [3.63, 3.8) is 0 Å². The molecule has 4 heteroatoms. The zero-order valence-electron chi connectivity index (χ0n) is 11.7. The molecule has 0 bridgehead atoms. The van der Waals surface area contributed by atoms with E-state index in [1.807, 2.05) is 72.3 Å². The molecule has 2 aromatic carbocycles. The van der Waals surface area contributed by atoms with Crippen LogP contribution in [0.4, 0.5) is 0 Å². The lowest BCUT2D eigenvalue weighted by Crippen LogP contribution is -2.20. The van der Waals surface area contributed by atoms with E-state index in [0.717, 1.165) is 16.5 Å². The van der Waals surface area contributed by atoms with Crippen LogP contribution >= 0.6 is 0 Å². The summed E-state index contributed by atoms with van der Waals surface area (Å²) < 4.78 is 1.86. The summed E-state index contributed by atoms with van der Waals surface area (Å²) in [5, 5.41) is 5.03. The summed E-state index contributed by atoms with van der Waals surface area (Å²) >= 11 is 0. The zero-order chi connectivity index (χ0) is 14.7. The fourth-order valence-corrected chi connectivity index (χ4v) is 2.27. The lowest BCUT2D eigenvalue weighted by molar-refractivity contribution is 0.0947. The summed E-state index contributed by atoms with van der Waals surface area (Å²) in [4.78, 5) is 12.2. The molecular formula is C17H15N3O. The molecule has 1 heterocycles. The number of fused-ring (bicyclic) bond motifs is 1. The Morgan fingerprint density at radius 3 is 2.57 bits per heavy atom. The highest BCUT2D eigenvalue weighted by molar-refractivity contribution is 5.99. The van der Waals surface area contributed by atoms with E-state index < -0.39 is 0 Å². The predicted molar refractivity (Wildman–Crippen MR) is 84.4 cm³/mol. The molecule has 1 N–H and O–H groups in total. The predicted octanol–water partition coefficient (Wildman–Crippen LogP) is 2.94. The van der Waals surface area contributed by atoms with Crippen LogP contribution in [0.15, 0.2) is 65.8 Å². The Kier molecular flexibility index (Phi) is 3.51. The van der Waals surface area contributed by atoms with Crippen LogP contribution < -0.4 is 5.43 Å². The minimum Gasteiger partial charge on any atom is -0.340 e. The summed E-state index contributed by atoms with van der Waals surface area (Å²) in [7, 11) is 1.87. The Morgan fingerprint density at radius 2 is 1.81 bits per heavy atom. The Hall–Kier alpha value is -2.88. The molecule has 0 atom stereocenters. The fraction of sp³-hybridized carbons (Fsp3) is 0.0588. The van der Waals surface area contributed by atoms with E-state index in [2.05, 4.69) is 10.5 Å². The third-order valence-electron chi connectivity index (χ3n) is 3.36. The van der Waals surface area contributed by atoms with Gasteiger partial charge in [0.15, 0.2) is 0 Å². The van der Waals surface area contributed by atoms with Gasteiger partial charge in [0.05, 0.1) is 6.21 Å². The van der Waals surface area contributed by atoms with Gasteiger partial charge in [0.1, 0.15) is 5.69 Å². The first kappa shape index (κ1) is 13.1. The second kappa shape index (κ2) is 5.63. The second-order valence-electron chi connectivity index (χ2n) is 4.76. The van der Waals surface area contributed by atoms with E-state index in [1.54, 1.807) is 6.21 Å². The van der Waals surface area contributed by atoms with Gasteiger partial charge in [-0.3, -0.25) is 4.79 Å². The van der Waals surface area contributed by atoms with Crippen molar-refractivity contribution in [2.75, 3.05) is 0 Å².